The number of morpholine rings is 1. The lowest BCUT2D eigenvalue weighted by atomic mass is 10.1. The van der Waals surface area contributed by atoms with Crippen LogP contribution in [0.3, 0.4) is 0 Å². The third kappa shape index (κ3) is 4.21. The molecule has 1 aromatic rings. The fraction of sp³-hybridized carbons (Fsp3) is 0.500. The Kier molecular flexibility index (Phi) is 5.22. The van der Waals surface area contributed by atoms with Crippen molar-refractivity contribution in [2.45, 2.75) is 19.3 Å². The minimum Gasteiger partial charge on any atom is -0.398 e. The van der Waals surface area contributed by atoms with Gasteiger partial charge in [-0.05, 0) is 30.5 Å². The van der Waals surface area contributed by atoms with Gasteiger partial charge in [-0.3, -0.25) is 4.79 Å². The summed E-state index contributed by atoms with van der Waals surface area (Å²) in [5.41, 5.74) is 7.83. The molecule has 104 valence electrons. The van der Waals surface area contributed by atoms with E-state index in [1.165, 1.54) is 0 Å². The van der Waals surface area contributed by atoms with Crippen molar-refractivity contribution in [1.29, 1.82) is 0 Å². The molecule has 4 nitrogen and oxygen atoms in total. The van der Waals surface area contributed by atoms with Gasteiger partial charge in [-0.15, -0.1) is 0 Å². The summed E-state index contributed by atoms with van der Waals surface area (Å²) in [5.74, 6) is 0.221. The molecule has 0 saturated carbocycles. The normalized spacial score (nSPS) is 15.5. The molecule has 0 unspecified atom stereocenters. The number of amides is 1. The number of ether oxygens (including phenoxy) is 1. The maximum Gasteiger partial charge on any atom is 0.222 e. The van der Waals surface area contributed by atoms with Gasteiger partial charge in [0, 0.05) is 29.7 Å². The third-order valence-electron chi connectivity index (χ3n) is 3.31. The van der Waals surface area contributed by atoms with E-state index in [1.807, 2.05) is 23.1 Å². The number of nitrogen functional groups attached to an aromatic ring is 1. The molecule has 0 bridgehead atoms. The average molecular weight is 327 g/mol. The summed E-state index contributed by atoms with van der Waals surface area (Å²) < 4.78 is 6.22. The minimum absolute atomic E-state index is 0.221. The summed E-state index contributed by atoms with van der Waals surface area (Å²) in [6, 6.07) is 5.90. The lowest BCUT2D eigenvalue weighted by Gasteiger charge is -2.26. The molecule has 1 fully saturated rings. The van der Waals surface area contributed by atoms with E-state index >= 15 is 0 Å². The van der Waals surface area contributed by atoms with Crippen LogP contribution in [0.4, 0.5) is 5.69 Å². The van der Waals surface area contributed by atoms with Gasteiger partial charge < -0.3 is 15.4 Å². The van der Waals surface area contributed by atoms with E-state index in [9.17, 15) is 4.79 Å². The second-order valence-electron chi connectivity index (χ2n) is 4.69. The van der Waals surface area contributed by atoms with Crippen LogP contribution in [-0.2, 0) is 16.0 Å². The highest BCUT2D eigenvalue weighted by Gasteiger charge is 2.16. The van der Waals surface area contributed by atoms with Crippen LogP contribution in [0.25, 0.3) is 0 Å². The Morgan fingerprint density at radius 1 is 1.37 bits per heavy atom. The molecule has 0 atom stereocenters. The molecule has 0 radical (unpaired) electrons. The van der Waals surface area contributed by atoms with Crippen molar-refractivity contribution in [3.8, 4) is 0 Å². The predicted octanol–water partition coefficient (Wildman–Crippen LogP) is 2.21. The van der Waals surface area contributed by atoms with E-state index in [0.29, 0.717) is 19.6 Å². The number of anilines is 1. The molecule has 1 aromatic carbocycles. The van der Waals surface area contributed by atoms with Crippen LogP contribution in [0, 0.1) is 0 Å². The van der Waals surface area contributed by atoms with Crippen LogP contribution in [0.15, 0.2) is 22.7 Å². The highest BCUT2D eigenvalue weighted by Crippen LogP contribution is 2.20. The number of carbonyl (C=O) groups is 1. The van der Waals surface area contributed by atoms with Gasteiger partial charge in [-0.1, -0.05) is 22.0 Å². The Bertz CT molecular complexity index is 445. The van der Waals surface area contributed by atoms with Crippen molar-refractivity contribution in [3.63, 3.8) is 0 Å². The number of hydrogen-bond acceptors (Lipinski definition) is 3. The Morgan fingerprint density at radius 2 is 2.11 bits per heavy atom. The van der Waals surface area contributed by atoms with Crippen molar-refractivity contribution < 1.29 is 9.53 Å². The number of nitrogens with two attached hydrogens (primary N) is 1. The standard InChI is InChI=1S/C14H19BrN2O2/c15-12-5-4-11(13(16)10-12)2-1-3-14(18)17-6-8-19-9-7-17/h4-5,10H,1-3,6-9,16H2. The zero-order valence-electron chi connectivity index (χ0n) is 10.9. The molecule has 1 aliphatic rings. The molecule has 2 rings (SSSR count). The first-order valence-corrected chi connectivity index (χ1v) is 7.35. The van der Waals surface area contributed by atoms with Crippen molar-refractivity contribution in [2.24, 2.45) is 0 Å². The van der Waals surface area contributed by atoms with E-state index < -0.39 is 0 Å². The predicted molar refractivity (Wildman–Crippen MR) is 78.9 cm³/mol. The lowest BCUT2D eigenvalue weighted by molar-refractivity contribution is -0.135. The molecule has 2 N–H and O–H groups in total. The highest BCUT2D eigenvalue weighted by atomic mass is 79.9. The van der Waals surface area contributed by atoms with Crippen LogP contribution in [0.1, 0.15) is 18.4 Å². The van der Waals surface area contributed by atoms with E-state index in [-0.39, 0.29) is 5.91 Å². The summed E-state index contributed by atoms with van der Waals surface area (Å²) in [5, 5.41) is 0. The maximum absolute atomic E-state index is 12.0. The van der Waals surface area contributed by atoms with E-state index in [4.69, 9.17) is 10.5 Å². The molecule has 19 heavy (non-hydrogen) atoms. The number of carbonyl (C=O) groups excluding carboxylic acids is 1. The summed E-state index contributed by atoms with van der Waals surface area (Å²) in [4.78, 5) is 13.8. The van der Waals surface area contributed by atoms with Crippen LogP contribution in [0.5, 0.6) is 0 Å². The molecule has 1 amide bonds. The SMILES string of the molecule is Nc1cc(Br)ccc1CCCC(=O)N1CCOCC1. The topological polar surface area (TPSA) is 55.6 Å². The number of halogens is 1. The monoisotopic (exact) mass is 326 g/mol. The Balaban J connectivity index is 1.78. The number of rotatable bonds is 4. The Morgan fingerprint density at radius 3 is 2.79 bits per heavy atom. The van der Waals surface area contributed by atoms with E-state index in [2.05, 4.69) is 15.9 Å². The average Bonchev–Trinajstić information content (AvgIpc) is 2.42. The highest BCUT2D eigenvalue weighted by molar-refractivity contribution is 9.10. The van der Waals surface area contributed by atoms with Gasteiger partial charge in [-0.2, -0.15) is 0 Å². The first kappa shape index (κ1) is 14.3. The third-order valence-corrected chi connectivity index (χ3v) is 3.80. The molecule has 5 heteroatoms. The zero-order chi connectivity index (χ0) is 13.7. The maximum atomic E-state index is 12.0. The first-order chi connectivity index (χ1) is 9.16. The Labute approximate surface area is 122 Å². The van der Waals surface area contributed by atoms with Gasteiger partial charge in [0.15, 0.2) is 0 Å². The lowest BCUT2D eigenvalue weighted by Crippen LogP contribution is -2.40. The number of hydrogen-bond donors (Lipinski definition) is 1. The smallest absolute Gasteiger partial charge is 0.222 e. The van der Waals surface area contributed by atoms with Crippen LogP contribution < -0.4 is 5.73 Å². The summed E-state index contributed by atoms with van der Waals surface area (Å²) >= 11 is 3.39. The quantitative estimate of drug-likeness (QED) is 0.863. The van der Waals surface area contributed by atoms with Crippen molar-refractivity contribution in [2.75, 3.05) is 32.0 Å². The summed E-state index contributed by atoms with van der Waals surface area (Å²) in [6.07, 6.45) is 2.26. The molecule has 1 heterocycles. The van der Waals surface area contributed by atoms with Crippen LogP contribution in [-0.4, -0.2) is 37.1 Å². The second kappa shape index (κ2) is 6.91. The van der Waals surface area contributed by atoms with Crippen molar-refractivity contribution >= 4 is 27.5 Å². The largest absolute Gasteiger partial charge is 0.398 e. The molecule has 0 spiro atoms. The van der Waals surface area contributed by atoms with Gasteiger partial charge in [0.25, 0.3) is 0 Å². The van der Waals surface area contributed by atoms with Crippen molar-refractivity contribution in [3.05, 3.63) is 28.2 Å². The molecule has 1 aliphatic heterocycles. The summed E-state index contributed by atoms with van der Waals surface area (Å²) in [6.45, 7) is 2.76. The molecule has 1 saturated heterocycles. The number of aryl methyl sites for hydroxylation is 1. The van der Waals surface area contributed by atoms with Crippen molar-refractivity contribution in [1.82, 2.24) is 4.90 Å². The fourth-order valence-corrected chi connectivity index (χ4v) is 2.57. The number of benzene rings is 1. The van der Waals surface area contributed by atoms with Crippen LogP contribution in [0.2, 0.25) is 0 Å². The van der Waals surface area contributed by atoms with E-state index in [0.717, 1.165) is 41.7 Å². The second-order valence-corrected chi connectivity index (χ2v) is 5.61. The van der Waals surface area contributed by atoms with E-state index in [1.54, 1.807) is 0 Å². The van der Waals surface area contributed by atoms with Gasteiger partial charge in [0.2, 0.25) is 5.91 Å². The fourth-order valence-electron chi connectivity index (χ4n) is 2.19. The van der Waals surface area contributed by atoms with Gasteiger partial charge in [0.1, 0.15) is 0 Å². The first-order valence-electron chi connectivity index (χ1n) is 6.56. The molecule has 0 aliphatic carbocycles. The Hall–Kier alpha value is -1.07. The molecule has 0 aromatic heterocycles. The summed E-state index contributed by atoms with van der Waals surface area (Å²) in [7, 11) is 0. The van der Waals surface area contributed by atoms with Gasteiger partial charge >= 0.3 is 0 Å². The van der Waals surface area contributed by atoms with Crippen LogP contribution >= 0.6 is 15.9 Å². The molecular formula is C14H19BrN2O2. The van der Waals surface area contributed by atoms with Gasteiger partial charge in [-0.25, -0.2) is 0 Å². The zero-order valence-corrected chi connectivity index (χ0v) is 12.5. The minimum atomic E-state index is 0.221. The number of nitrogens with zero attached hydrogens (tertiary/aromatic N) is 1. The molecular weight excluding hydrogens is 308 g/mol. The van der Waals surface area contributed by atoms with Gasteiger partial charge in [0.05, 0.1) is 13.2 Å².